The van der Waals surface area contributed by atoms with Crippen molar-refractivity contribution in [3.63, 3.8) is 0 Å². The van der Waals surface area contributed by atoms with E-state index in [0.717, 1.165) is 48.0 Å². The van der Waals surface area contributed by atoms with Crippen LogP contribution in [0.2, 0.25) is 4.34 Å². The van der Waals surface area contributed by atoms with Gasteiger partial charge in [0.25, 0.3) is 0 Å². The van der Waals surface area contributed by atoms with Gasteiger partial charge in [0.15, 0.2) is 0 Å². The maximum absolute atomic E-state index is 12.7. The highest BCUT2D eigenvalue weighted by atomic mass is 35.5. The van der Waals surface area contributed by atoms with Crippen LogP contribution in [0.4, 0.5) is 0 Å². The normalized spacial score (nSPS) is 24.4. The van der Waals surface area contributed by atoms with Crippen LogP contribution in [-0.2, 0) is 4.79 Å². The lowest BCUT2D eigenvalue weighted by Gasteiger charge is -2.37. The molecule has 1 fully saturated rings. The quantitative estimate of drug-likeness (QED) is 0.869. The van der Waals surface area contributed by atoms with Crippen molar-refractivity contribution in [3.05, 3.63) is 21.3 Å². The Kier molecular flexibility index (Phi) is 5.47. The molecular weight excluding hydrogens is 292 g/mol. The molecule has 1 amide bonds. The molecule has 20 heavy (non-hydrogen) atoms. The van der Waals surface area contributed by atoms with Crippen LogP contribution in [-0.4, -0.2) is 19.0 Å². The van der Waals surface area contributed by atoms with Crippen molar-refractivity contribution in [2.45, 2.75) is 45.6 Å². The van der Waals surface area contributed by atoms with Crippen LogP contribution in [0, 0.1) is 5.41 Å². The summed E-state index contributed by atoms with van der Waals surface area (Å²) in [5.41, 5.74) is -0.234. The molecule has 0 bridgehead atoms. The Morgan fingerprint density at radius 1 is 1.60 bits per heavy atom. The third kappa shape index (κ3) is 3.54. The molecule has 3 nitrogen and oxygen atoms in total. The number of nitrogens with one attached hydrogen (secondary N) is 2. The number of hydrogen-bond donors (Lipinski definition) is 2. The van der Waals surface area contributed by atoms with E-state index in [1.54, 1.807) is 0 Å². The van der Waals surface area contributed by atoms with Crippen LogP contribution in [0.1, 0.15) is 50.4 Å². The molecule has 2 unspecified atom stereocenters. The van der Waals surface area contributed by atoms with Crippen LogP contribution >= 0.6 is 22.9 Å². The second-order valence-corrected chi connectivity index (χ2v) is 7.39. The predicted octanol–water partition coefficient (Wildman–Crippen LogP) is 3.75. The van der Waals surface area contributed by atoms with Crippen molar-refractivity contribution in [2.24, 2.45) is 5.41 Å². The Labute approximate surface area is 130 Å². The zero-order chi connectivity index (χ0) is 14.6. The van der Waals surface area contributed by atoms with Gasteiger partial charge in [-0.1, -0.05) is 24.9 Å². The number of piperidine rings is 1. The predicted molar refractivity (Wildman–Crippen MR) is 85.3 cm³/mol. The summed E-state index contributed by atoms with van der Waals surface area (Å²) in [5.74, 6) is 0.184. The molecule has 2 N–H and O–H groups in total. The van der Waals surface area contributed by atoms with E-state index in [2.05, 4.69) is 17.6 Å². The first-order valence-corrected chi connectivity index (χ1v) is 8.54. The minimum absolute atomic E-state index is 0.0238. The average Bonchev–Trinajstić information content (AvgIpc) is 2.87. The number of halogens is 1. The number of hydrogen-bond acceptors (Lipinski definition) is 3. The van der Waals surface area contributed by atoms with Gasteiger partial charge in [-0.3, -0.25) is 4.79 Å². The Balaban J connectivity index is 2.04. The Morgan fingerprint density at radius 3 is 2.95 bits per heavy atom. The molecule has 1 saturated heterocycles. The molecule has 112 valence electrons. The zero-order valence-electron chi connectivity index (χ0n) is 12.2. The maximum Gasteiger partial charge on any atom is 0.228 e. The number of thiophene rings is 1. The van der Waals surface area contributed by atoms with Crippen molar-refractivity contribution < 1.29 is 4.79 Å². The fourth-order valence-corrected chi connectivity index (χ4v) is 4.01. The van der Waals surface area contributed by atoms with Crippen LogP contribution in [0.25, 0.3) is 0 Å². The third-order valence-corrected chi connectivity index (χ3v) is 5.46. The molecule has 0 aromatic carbocycles. The van der Waals surface area contributed by atoms with Gasteiger partial charge < -0.3 is 10.6 Å². The second-order valence-electron chi connectivity index (χ2n) is 5.65. The van der Waals surface area contributed by atoms with Crippen LogP contribution in [0.5, 0.6) is 0 Å². The van der Waals surface area contributed by atoms with E-state index >= 15 is 0 Å². The topological polar surface area (TPSA) is 41.1 Å². The van der Waals surface area contributed by atoms with Gasteiger partial charge in [0.1, 0.15) is 0 Å². The largest absolute Gasteiger partial charge is 0.348 e. The van der Waals surface area contributed by atoms with Gasteiger partial charge in [-0.2, -0.15) is 0 Å². The molecule has 5 heteroatoms. The molecule has 0 saturated carbocycles. The van der Waals surface area contributed by atoms with E-state index in [1.807, 2.05) is 19.1 Å². The van der Waals surface area contributed by atoms with Gasteiger partial charge >= 0.3 is 0 Å². The molecule has 1 aromatic heterocycles. The summed E-state index contributed by atoms with van der Waals surface area (Å²) >= 11 is 7.49. The lowest BCUT2D eigenvalue weighted by Crippen LogP contribution is -2.50. The second kappa shape index (κ2) is 6.92. The lowest BCUT2D eigenvalue weighted by atomic mass is 9.76. The highest BCUT2D eigenvalue weighted by Gasteiger charge is 2.39. The maximum atomic E-state index is 12.7. The van der Waals surface area contributed by atoms with E-state index in [9.17, 15) is 4.79 Å². The molecule has 2 rings (SSSR count). The third-order valence-electron chi connectivity index (χ3n) is 4.05. The van der Waals surface area contributed by atoms with Gasteiger partial charge in [0.2, 0.25) is 5.91 Å². The Hall–Kier alpha value is -0.580. The summed E-state index contributed by atoms with van der Waals surface area (Å²) in [6.07, 6.45) is 4.04. The summed E-state index contributed by atoms with van der Waals surface area (Å²) in [5, 5.41) is 6.56. The van der Waals surface area contributed by atoms with Gasteiger partial charge in [-0.15, -0.1) is 11.3 Å². The molecule has 0 radical (unpaired) electrons. The minimum atomic E-state index is -0.234. The van der Waals surface area contributed by atoms with Crippen molar-refractivity contribution in [3.8, 4) is 0 Å². The minimum Gasteiger partial charge on any atom is -0.348 e. The average molecular weight is 315 g/mol. The number of amides is 1. The van der Waals surface area contributed by atoms with Crippen LogP contribution in [0.15, 0.2) is 12.1 Å². The Morgan fingerprint density at radius 2 is 2.40 bits per heavy atom. The fourth-order valence-electron chi connectivity index (χ4n) is 2.95. The highest BCUT2D eigenvalue weighted by Crippen LogP contribution is 2.33. The SMILES string of the molecule is CCCC1(C(=O)NC(C)c2ccc(Cl)s2)CCCNC1. The molecule has 1 aliphatic heterocycles. The molecule has 2 atom stereocenters. The van der Waals surface area contributed by atoms with Gasteiger partial charge in [-0.05, 0) is 44.9 Å². The first-order chi connectivity index (χ1) is 9.57. The van der Waals surface area contributed by atoms with Gasteiger partial charge in [0, 0.05) is 11.4 Å². The summed E-state index contributed by atoms with van der Waals surface area (Å²) in [6, 6.07) is 3.90. The smallest absolute Gasteiger partial charge is 0.228 e. The van der Waals surface area contributed by atoms with Crippen molar-refractivity contribution in [1.82, 2.24) is 10.6 Å². The number of carbonyl (C=O) groups excluding carboxylic acids is 1. The highest BCUT2D eigenvalue weighted by molar-refractivity contribution is 7.16. The molecular formula is C15H23ClN2OS. The molecule has 0 aliphatic carbocycles. The number of carbonyl (C=O) groups is 1. The van der Waals surface area contributed by atoms with Crippen molar-refractivity contribution >= 4 is 28.8 Å². The van der Waals surface area contributed by atoms with Crippen LogP contribution in [0.3, 0.4) is 0 Å². The first-order valence-electron chi connectivity index (χ1n) is 7.34. The van der Waals surface area contributed by atoms with E-state index < -0.39 is 0 Å². The van der Waals surface area contributed by atoms with E-state index in [0.29, 0.717) is 0 Å². The van der Waals surface area contributed by atoms with E-state index in [1.165, 1.54) is 11.3 Å². The standard InChI is InChI=1S/C15H23ClN2OS/c1-3-7-15(8-4-9-17-10-15)14(19)18-11(2)12-5-6-13(16)20-12/h5-6,11,17H,3-4,7-10H2,1-2H3,(H,18,19). The first kappa shape index (κ1) is 15.8. The van der Waals surface area contributed by atoms with Gasteiger partial charge in [0.05, 0.1) is 15.8 Å². The molecule has 0 spiro atoms. The molecule has 2 heterocycles. The lowest BCUT2D eigenvalue weighted by molar-refractivity contribution is -0.133. The summed E-state index contributed by atoms with van der Waals surface area (Å²) in [7, 11) is 0. The number of rotatable bonds is 5. The van der Waals surface area contributed by atoms with Gasteiger partial charge in [-0.25, -0.2) is 0 Å². The van der Waals surface area contributed by atoms with Crippen molar-refractivity contribution in [2.75, 3.05) is 13.1 Å². The van der Waals surface area contributed by atoms with Crippen LogP contribution < -0.4 is 10.6 Å². The summed E-state index contributed by atoms with van der Waals surface area (Å²) in [6.45, 7) is 5.99. The fraction of sp³-hybridized carbons (Fsp3) is 0.667. The Bertz CT molecular complexity index is 449. The zero-order valence-corrected chi connectivity index (χ0v) is 13.7. The summed E-state index contributed by atoms with van der Waals surface area (Å²) < 4.78 is 0.767. The molecule has 1 aromatic rings. The summed E-state index contributed by atoms with van der Waals surface area (Å²) in [4.78, 5) is 13.8. The van der Waals surface area contributed by atoms with E-state index in [4.69, 9.17) is 11.6 Å². The van der Waals surface area contributed by atoms with Crippen molar-refractivity contribution in [1.29, 1.82) is 0 Å². The van der Waals surface area contributed by atoms with E-state index in [-0.39, 0.29) is 17.4 Å². The molecule has 1 aliphatic rings. The monoisotopic (exact) mass is 314 g/mol.